The van der Waals surface area contributed by atoms with Gasteiger partial charge in [0.1, 0.15) is 5.41 Å². The van der Waals surface area contributed by atoms with Crippen LogP contribution in [0.3, 0.4) is 0 Å². The number of hydrogen-bond donors (Lipinski definition) is 1. The van der Waals surface area contributed by atoms with Crippen molar-refractivity contribution >= 4 is 11.8 Å². The van der Waals surface area contributed by atoms with Gasteiger partial charge in [0, 0.05) is 38.3 Å². The number of piperazine rings is 1. The highest BCUT2D eigenvalue weighted by atomic mass is 16.2. The van der Waals surface area contributed by atoms with Crippen molar-refractivity contribution in [1.29, 1.82) is 0 Å². The van der Waals surface area contributed by atoms with Gasteiger partial charge in [-0.2, -0.15) is 0 Å². The summed E-state index contributed by atoms with van der Waals surface area (Å²) in [6.45, 7) is 9.90. The standard InChI is InChI=1S/C20H29N3O2/c1-19(2,3)21-17(24)20(9-10-20)18(25)23-13-11-22(12-14-23)15-16-7-5-4-6-8-16/h4-8H,9-15H2,1-3H3,(H,21,24). The van der Waals surface area contributed by atoms with E-state index in [1.807, 2.05) is 31.7 Å². The Bertz CT molecular complexity index is 624. The first-order valence-electron chi connectivity index (χ1n) is 9.18. The summed E-state index contributed by atoms with van der Waals surface area (Å²) in [7, 11) is 0. The molecule has 1 saturated carbocycles. The summed E-state index contributed by atoms with van der Waals surface area (Å²) in [5.41, 5.74) is 0.196. The van der Waals surface area contributed by atoms with Gasteiger partial charge in [-0.15, -0.1) is 0 Å². The molecule has 0 unspecified atom stereocenters. The molecule has 0 atom stereocenters. The number of rotatable bonds is 4. The lowest BCUT2D eigenvalue weighted by Gasteiger charge is -2.36. The number of hydrogen-bond acceptors (Lipinski definition) is 3. The number of carbonyl (C=O) groups is 2. The fraction of sp³-hybridized carbons (Fsp3) is 0.600. The molecule has 5 nitrogen and oxygen atoms in total. The van der Waals surface area contributed by atoms with Crippen LogP contribution in [0.2, 0.25) is 0 Å². The first kappa shape index (κ1) is 17.9. The average Bonchev–Trinajstić information content (AvgIpc) is 3.36. The van der Waals surface area contributed by atoms with Crippen molar-refractivity contribution in [3.05, 3.63) is 35.9 Å². The molecule has 1 N–H and O–H groups in total. The topological polar surface area (TPSA) is 52.7 Å². The van der Waals surface area contributed by atoms with Crippen LogP contribution in [-0.2, 0) is 16.1 Å². The molecule has 1 heterocycles. The van der Waals surface area contributed by atoms with Crippen molar-refractivity contribution in [1.82, 2.24) is 15.1 Å². The minimum atomic E-state index is -0.797. The van der Waals surface area contributed by atoms with Gasteiger partial charge in [0.25, 0.3) is 0 Å². The molecule has 2 fully saturated rings. The van der Waals surface area contributed by atoms with E-state index in [9.17, 15) is 9.59 Å². The van der Waals surface area contributed by atoms with Crippen LogP contribution in [0.1, 0.15) is 39.2 Å². The SMILES string of the molecule is CC(C)(C)NC(=O)C1(C(=O)N2CCN(Cc3ccccc3)CC2)CC1. The molecule has 1 saturated heterocycles. The Morgan fingerprint density at radius 3 is 2.16 bits per heavy atom. The third kappa shape index (κ3) is 4.21. The molecule has 1 aliphatic carbocycles. The van der Waals surface area contributed by atoms with Crippen molar-refractivity contribution in [3.63, 3.8) is 0 Å². The summed E-state index contributed by atoms with van der Waals surface area (Å²) in [4.78, 5) is 29.7. The van der Waals surface area contributed by atoms with Gasteiger partial charge in [-0.1, -0.05) is 30.3 Å². The number of benzene rings is 1. The minimum absolute atomic E-state index is 0.0219. The van der Waals surface area contributed by atoms with Crippen LogP contribution in [0.5, 0.6) is 0 Å². The first-order chi connectivity index (χ1) is 11.8. The van der Waals surface area contributed by atoms with Crippen molar-refractivity contribution < 1.29 is 9.59 Å². The molecule has 136 valence electrons. The lowest BCUT2D eigenvalue weighted by Crippen LogP contribution is -2.54. The largest absolute Gasteiger partial charge is 0.351 e. The second kappa shape index (κ2) is 6.79. The van der Waals surface area contributed by atoms with E-state index in [0.29, 0.717) is 25.9 Å². The number of nitrogens with one attached hydrogen (secondary N) is 1. The Kier molecular flexibility index (Phi) is 4.87. The van der Waals surface area contributed by atoms with Crippen LogP contribution >= 0.6 is 0 Å². The third-order valence-electron chi connectivity index (χ3n) is 4.99. The number of amides is 2. The minimum Gasteiger partial charge on any atom is -0.351 e. The fourth-order valence-corrected chi connectivity index (χ4v) is 3.38. The summed E-state index contributed by atoms with van der Waals surface area (Å²) >= 11 is 0. The predicted octanol–water partition coefficient (Wildman–Crippen LogP) is 2.03. The molecule has 1 aliphatic heterocycles. The molecule has 0 spiro atoms. The van der Waals surface area contributed by atoms with Gasteiger partial charge >= 0.3 is 0 Å². The summed E-state index contributed by atoms with van der Waals surface area (Å²) in [5, 5.41) is 2.99. The lowest BCUT2D eigenvalue weighted by atomic mass is 10.0. The van der Waals surface area contributed by atoms with E-state index in [1.54, 1.807) is 0 Å². The van der Waals surface area contributed by atoms with Crippen LogP contribution in [0.25, 0.3) is 0 Å². The highest BCUT2D eigenvalue weighted by Crippen LogP contribution is 2.48. The molecule has 0 bridgehead atoms. The van der Waals surface area contributed by atoms with Crippen molar-refractivity contribution in [2.24, 2.45) is 5.41 Å². The zero-order valence-corrected chi connectivity index (χ0v) is 15.5. The van der Waals surface area contributed by atoms with E-state index in [1.165, 1.54) is 5.56 Å². The molecule has 25 heavy (non-hydrogen) atoms. The van der Waals surface area contributed by atoms with E-state index >= 15 is 0 Å². The number of carbonyl (C=O) groups excluding carboxylic acids is 2. The quantitative estimate of drug-likeness (QED) is 0.851. The van der Waals surface area contributed by atoms with Crippen molar-refractivity contribution in [2.75, 3.05) is 26.2 Å². The van der Waals surface area contributed by atoms with Gasteiger partial charge in [-0.3, -0.25) is 14.5 Å². The maximum Gasteiger partial charge on any atom is 0.238 e. The van der Waals surface area contributed by atoms with Crippen molar-refractivity contribution in [2.45, 2.75) is 45.7 Å². The van der Waals surface area contributed by atoms with Gasteiger partial charge in [0.05, 0.1) is 0 Å². The third-order valence-corrected chi connectivity index (χ3v) is 4.99. The van der Waals surface area contributed by atoms with Gasteiger partial charge in [-0.05, 0) is 39.2 Å². The summed E-state index contributed by atoms with van der Waals surface area (Å²) < 4.78 is 0. The molecule has 2 aliphatic rings. The van der Waals surface area contributed by atoms with Gasteiger partial charge < -0.3 is 10.2 Å². The summed E-state index contributed by atoms with van der Waals surface area (Å²) in [5.74, 6) is -0.0784. The highest BCUT2D eigenvalue weighted by molar-refractivity contribution is 6.08. The van der Waals surface area contributed by atoms with Crippen LogP contribution in [0, 0.1) is 5.41 Å². The zero-order chi connectivity index (χ0) is 18.1. The molecule has 2 amide bonds. The Hall–Kier alpha value is -1.88. The molecular formula is C20H29N3O2. The molecular weight excluding hydrogens is 314 g/mol. The van der Waals surface area contributed by atoms with E-state index < -0.39 is 5.41 Å². The molecule has 5 heteroatoms. The average molecular weight is 343 g/mol. The Morgan fingerprint density at radius 1 is 1.04 bits per heavy atom. The van der Waals surface area contributed by atoms with Gasteiger partial charge in [-0.25, -0.2) is 0 Å². The Morgan fingerprint density at radius 2 is 1.64 bits per heavy atom. The van der Waals surface area contributed by atoms with E-state index in [2.05, 4.69) is 34.5 Å². The van der Waals surface area contributed by atoms with Crippen LogP contribution < -0.4 is 5.32 Å². The molecule has 3 rings (SSSR count). The highest BCUT2D eigenvalue weighted by Gasteiger charge is 2.58. The zero-order valence-electron chi connectivity index (χ0n) is 15.5. The normalized spacial score (nSPS) is 20.2. The second-order valence-corrected chi connectivity index (χ2v) is 8.34. The molecule has 0 aromatic heterocycles. The van der Waals surface area contributed by atoms with Crippen molar-refractivity contribution in [3.8, 4) is 0 Å². The van der Waals surface area contributed by atoms with Gasteiger partial charge in [0.2, 0.25) is 11.8 Å². The molecule has 1 aromatic rings. The Labute approximate surface area is 150 Å². The maximum absolute atomic E-state index is 12.9. The number of nitrogens with zero attached hydrogens (tertiary/aromatic N) is 2. The van der Waals surface area contributed by atoms with E-state index in [0.717, 1.165) is 19.6 Å². The molecule has 0 radical (unpaired) electrons. The summed E-state index contributed by atoms with van der Waals surface area (Å²) in [6.07, 6.45) is 1.36. The first-order valence-corrected chi connectivity index (χ1v) is 9.18. The lowest BCUT2D eigenvalue weighted by molar-refractivity contribution is -0.146. The monoisotopic (exact) mass is 343 g/mol. The molecule has 1 aromatic carbocycles. The van der Waals surface area contributed by atoms with E-state index in [-0.39, 0.29) is 17.4 Å². The second-order valence-electron chi connectivity index (χ2n) is 8.34. The van der Waals surface area contributed by atoms with Crippen LogP contribution in [0.15, 0.2) is 30.3 Å². The van der Waals surface area contributed by atoms with Crippen LogP contribution in [0.4, 0.5) is 0 Å². The van der Waals surface area contributed by atoms with Crippen LogP contribution in [-0.4, -0.2) is 53.3 Å². The summed E-state index contributed by atoms with van der Waals surface area (Å²) in [6, 6.07) is 10.4. The fourth-order valence-electron chi connectivity index (χ4n) is 3.38. The van der Waals surface area contributed by atoms with E-state index in [4.69, 9.17) is 0 Å². The van der Waals surface area contributed by atoms with Gasteiger partial charge in [0.15, 0.2) is 0 Å². The Balaban J connectivity index is 1.54. The maximum atomic E-state index is 12.9. The smallest absolute Gasteiger partial charge is 0.238 e. The predicted molar refractivity (Wildman–Crippen MR) is 97.9 cm³/mol.